The fourth-order valence-corrected chi connectivity index (χ4v) is 1.78. The molecule has 0 bridgehead atoms. The molecule has 5 nitrogen and oxygen atoms in total. The van der Waals surface area contributed by atoms with Crippen molar-refractivity contribution < 1.29 is 0 Å². The van der Waals surface area contributed by atoms with E-state index in [4.69, 9.17) is 5.26 Å². The van der Waals surface area contributed by atoms with Crippen molar-refractivity contribution in [3.05, 3.63) is 11.3 Å². The van der Waals surface area contributed by atoms with Crippen molar-refractivity contribution >= 4 is 5.82 Å². The van der Waals surface area contributed by atoms with E-state index in [9.17, 15) is 0 Å². The first-order valence-corrected chi connectivity index (χ1v) is 5.30. The number of nitrogens with one attached hydrogen (secondary N) is 1. The highest BCUT2D eigenvalue weighted by molar-refractivity contribution is 5.55. The first-order chi connectivity index (χ1) is 7.45. The van der Waals surface area contributed by atoms with Crippen LogP contribution in [0.25, 0.3) is 0 Å². The zero-order valence-electron chi connectivity index (χ0n) is 10.6. The maximum atomic E-state index is 9.05. The molecule has 0 saturated heterocycles. The summed E-state index contributed by atoms with van der Waals surface area (Å²) in [4.78, 5) is 2.10. The molecule has 16 heavy (non-hydrogen) atoms. The van der Waals surface area contributed by atoms with Crippen LogP contribution < -0.4 is 5.32 Å². The Labute approximate surface area is 96.7 Å². The molecule has 5 heteroatoms. The van der Waals surface area contributed by atoms with E-state index >= 15 is 0 Å². The molecule has 0 fully saturated rings. The Morgan fingerprint density at radius 3 is 2.69 bits per heavy atom. The molecule has 1 unspecified atom stereocenters. The van der Waals surface area contributed by atoms with Crippen LogP contribution in [-0.4, -0.2) is 41.4 Å². The molecule has 1 rings (SSSR count). The number of hydrogen-bond acceptors (Lipinski definition) is 4. The van der Waals surface area contributed by atoms with Crippen molar-refractivity contribution in [3.63, 3.8) is 0 Å². The van der Waals surface area contributed by atoms with Gasteiger partial charge in [0.2, 0.25) is 0 Å². The summed E-state index contributed by atoms with van der Waals surface area (Å²) in [5.41, 5.74) is 1.40. The molecule has 0 spiro atoms. The Kier molecular flexibility index (Phi) is 3.91. The molecule has 0 aliphatic carbocycles. The third kappa shape index (κ3) is 2.74. The van der Waals surface area contributed by atoms with Gasteiger partial charge >= 0.3 is 0 Å². The lowest BCUT2D eigenvalue weighted by Crippen LogP contribution is -2.30. The zero-order valence-corrected chi connectivity index (χ0v) is 10.6. The van der Waals surface area contributed by atoms with Crippen molar-refractivity contribution in [2.45, 2.75) is 19.9 Å². The molecule has 1 atom stereocenters. The van der Waals surface area contributed by atoms with Gasteiger partial charge in [-0.15, -0.1) is 0 Å². The van der Waals surface area contributed by atoms with Gasteiger partial charge in [-0.1, -0.05) is 0 Å². The molecule has 88 valence electrons. The predicted molar refractivity (Wildman–Crippen MR) is 64.3 cm³/mol. The van der Waals surface area contributed by atoms with Gasteiger partial charge in [-0.3, -0.25) is 4.68 Å². The van der Waals surface area contributed by atoms with E-state index in [0.717, 1.165) is 18.1 Å². The molecule has 1 N–H and O–H groups in total. The van der Waals surface area contributed by atoms with Crippen molar-refractivity contribution in [1.29, 1.82) is 5.26 Å². The number of nitrogens with zero attached hydrogens (tertiary/aromatic N) is 4. The quantitative estimate of drug-likeness (QED) is 0.823. The minimum Gasteiger partial charge on any atom is -0.365 e. The van der Waals surface area contributed by atoms with Crippen LogP contribution in [0.2, 0.25) is 0 Å². The number of likely N-dealkylation sites (N-methyl/N-ethyl adjacent to an activating group) is 1. The average Bonchev–Trinajstić information content (AvgIpc) is 2.40. The lowest BCUT2D eigenvalue weighted by atomic mass is 10.2. The molecule has 1 aromatic rings. The average molecular weight is 221 g/mol. The van der Waals surface area contributed by atoms with E-state index in [2.05, 4.69) is 28.3 Å². The third-order valence-electron chi connectivity index (χ3n) is 2.36. The normalized spacial score (nSPS) is 12.6. The van der Waals surface area contributed by atoms with E-state index in [1.807, 2.05) is 28.1 Å². The maximum Gasteiger partial charge on any atom is 0.142 e. The minimum atomic E-state index is 0.275. The van der Waals surface area contributed by atoms with Gasteiger partial charge in [0, 0.05) is 19.6 Å². The summed E-state index contributed by atoms with van der Waals surface area (Å²) in [6, 6.07) is 2.46. The van der Waals surface area contributed by atoms with Gasteiger partial charge in [-0.25, -0.2) is 0 Å². The number of hydrogen-bond donors (Lipinski definition) is 1. The van der Waals surface area contributed by atoms with E-state index < -0.39 is 0 Å². The Morgan fingerprint density at radius 2 is 2.19 bits per heavy atom. The summed E-state index contributed by atoms with van der Waals surface area (Å²) in [6.07, 6.45) is 0. The Hall–Kier alpha value is -1.54. The number of aromatic nitrogens is 2. The molecular formula is C11H19N5. The largest absolute Gasteiger partial charge is 0.365 e. The van der Waals surface area contributed by atoms with Crippen molar-refractivity contribution in [3.8, 4) is 6.07 Å². The smallest absolute Gasteiger partial charge is 0.142 e. The number of anilines is 1. The first kappa shape index (κ1) is 12.5. The van der Waals surface area contributed by atoms with Crippen LogP contribution in [-0.2, 0) is 7.05 Å². The Bertz CT molecular complexity index is 399. The molecule has 0 saturated carbocycles. The maximum absolute atomic E-state index is 9.05. The lowest BCUT2D eigenvalue weighted by molar-refractivity contribution is 0.391. The first-order valence-electron chi connectivity index (χ1n) is 5.30. The van der Waals surface area contributed by atoms with Crippen molar-refractivity contribution in [2.75, 3.05) is 26.0 Å². The highest BCUT2D eigenvalue weighted by atomic mass is 15.3. The van der Waals surface area contributed by atoms with Gasteiger partial charge in [0.1, 0.15) is 17.5 Å². The van der Waals surface area contributed by atoms with Gasteiger partial charge in [0.25, 0.3) is 0 Å². The predicted octanol–water partition coefficient (Wildman–Crippen LogP) is 0.962. The van der Waals surface area contributed by atoms with Crippen LogP contribution >= 0.6 is 0 Å². The van der Waals surface area contributed by atoms with Crippen LogP contribution in [0.3, 0.4) is 0 Å². The lowest BCUT2D eigenvalue weighted by Gasteiger charge is -2.19. The summed E-state index contributed by atoms with van der Waals surface area (Å²) in [7, 11) is 5.90. The summed E-state index contributed by atoms with van der Waals surface area (Å²) >= 11 is 0. The van der Waals surface area contributed by atoms with Crippen molar-refractivity contribution in [1.82, 2.24) is 14.7 Å². The molecule has 1 aromatic heterocycles. The van der Waals surface area contributed by atoms with Crippen molar-refractivity contribution in [2.24, 2.45) is 7.05 Å². The molecule has 0 amide bonds. The second-order valence-electron chi connectivity index (χ2n) is 4.35. The SMILES string of the molecule is Cc1nn(C)c(NC(C)CN(C)C)c1C#N. The van der Waals surface area contributed by atoms with Gasteiger partial charge in [0.05, 0.1) is 5.69 Å². The van der Waals surface area contributed by atoms with E-state index in [1.54, 1.807) is 4.68 Å². The fraction of sp³-hybridized carbons (Fsp3) is 0.636. The number of rotatable bonds is 4. The van der Waals surface area contributed by atoms with Crippen LogP contribution in [0.1, 0.15) is 18.2 Å². The van der Waals surface area contributed by atoms with Crippen LogP contribution in [0.4, 0.5) is 5.82 Å². The van der Waals surface area contributed by atoms with Gasteiger partial charge < -0.3 is 10.2 Å². The Morgan fingerprint density at radius 1 is 1.56 bits per heavy atom. The van der Waals surface area contributed by atoms with Crippen LogP contribution in [0.5, 0.6) is 0 Å². The molecular weight excluding hydrogens is 202 g/mol. The fourth-order valence-electron chi connectivity index (χ4n) is 1.78. The monoisotopic (exact) mass is 221 g/mol. The third-order valence-corrected chi connectivity index (χ3v) is 2.36. The molecule has 0 aliphatic rings. The van der Waals surface area contributed by atoms with Gasteiger partial charge in [-0.05, 0) is 27.9 Å². The summed E-state index contributed by atoms with van der Waals surface area (Å²) in [5, 5.41) is 16.6. The number of aryl methyl sites for hydroxylation is 2. The summed E-state index contributed by atoms with van der Waals surface area (Å²) in [5.74, 6) is 0.800. The van der Waals surface area contributed by atoms with E-state index in [-0.39, 0.29) is 6.04 Å². The topological polar surface area (TPSA) is 56.9 Å². The van der Waals surface area contributed by atoms with E-state index in [0.29, 0.717) is 5.56 Å². The van der Waals surface area contributed by atoms with Crippen LogP contribution in [0, 0.1) is 18.3 Å². The minimum absolute atomic E-state index is 0.275. The zero-order chi connectivity index (χ0) is 12.3. The van der Waals surface area contributed by atoms with Gasteiger partial charge in [-0.2, -0.15) is 10.4 Å². The Balaban J connectivity index is 2.85. The van der Waals surface area contributed by atoms with E-state index in [1.165, 1.54) is 0 Å². The molecule has 1 heterocycles. The summed E-state index contributed by atoms with van der Waals surface area (Å²) in [6.45, 7) is 4.85. The van der Waals surface area contributed by atoms with Gasteiger partial charge in [0.15, 0.2) is 0 Å². The number of nitriles is 1. The molecule has 0 radical (unpaired) electrons. The second-order valence-corrected chi connectivity index (χ2v) is 4.35. The molecule has 0 aliphatic heterocycles. The second kappa shape index (κ2) is 4.99. The summed E-state index contributed by atoms with van der Waals surface area (Å²) < 4.78 is 1.72. The molecule has 0 aromatic carbocycles. The standard InChI is InChI=1S/C11H19N5/c1-8(7-15(3)4)13-11-10(6-12)9(2)14-16(11)5/h8,13H,7H2,1-5H3. The highest BCUT2D eigenvalue weighted by Gasteiger charge is 2.14. The van der Waals surface area contributed by atoms with Crippen LogP contribution in [0.15, 0.2) is 0 Å². The highest BCUT2D eigenvalue weighted by Crippen LogP contribution is 2.18.